The highest BCUT2D eigenvalue weighted by Gasteiger charge is 1.86. The standard InChI is InChI=1S/C7H7BrN2/c1-9-10-7-4-2-6(8)3-5-7/h2-5,10H,1H2. The van der Waals surface area contributed by atoms with Crippen molar-refractivity contribution in [3.63, 3.8) is 0 Å². The van der Waals surface area contributed by atoms with E-state index >= 15 is 0 Å². The average molecular weight is 199 g/mol. The predicted octanol–water partition coefficient (Wildman–Crippen LogP) is 2.48. The number of nitrogens with one attached hydrogen (secondary N) is 1. The molecule has 1 aromatic carbocycles. The molecule has 0 atom stereocenters. The number of nitrogens with zero attached hydrogens (tertiary/aromatic N) is 1. The van der Waals surface area contributed by atoms with Gasteiger partial charge in [-0.2, -0.15) is 5.10 Å². The molecule has 10 heavy (non-hydrogen) atoms. The second kappa shape index (κ2) is 3.37. The van der Waals surface area contributed by atoms with E-state index in [1.165, 1.54) is 0 Å². The van der Waals surface area contributed by atoms with Crippen LogP contribution < -0.4 is 5.43 Å². The Hall–Kier alpha value is -0.830. The molecular formula is C7H7BrN2. The average Bonchev–Trinajstić information content (AvgIpc) is 1.95. The van der Waals surface area contributed by atoms with Crippen molar-refractivity contribution < 1.29 is 0 Å². The summed E-state index contributed by atoms with van der Waals surface area (Å²) >= 11 is 3.32. The zero-order chi connectivity index (χ0) is 7.40. The van der Waals surface area contributed by atoms with Crippen molar-refractivity contribution in [3.8, 4) is 0 Å². The highest BCUT2D eigenvalue weighted by Crippen LogP contribution is 2.13. The first-order valence-corrected chi connectivity index (χ1v) is 3.59. The number of anilines is 1. The van der Waals surface area contributed by atoms with Crippen molar-refractivity contribution in [3.05, 3.63) is 28.7 Å². The van der Waals surface area contributed by atoms with Gasteiger partial charge in [0.05, 0.1) is 5.69 Å². The molecule has 3 heteroatoms. The van der Waals surface area contributed by atoms with Crippen LogP contribution in [0.4, 0.5) is 5.69 Å². The molecule has 0 saturated carbocycles. The fraction of sp³-hybridized carbons (Fsp3) is 0. The molecule has 0 aliphatic carbocycles. The van der Waals surface area contributed by atoms with Gasteiger partial charge in [-0.25, -0.2) is 0 Å². The summed E-state index contributed by atoms with van der Waals surface area (Å²) in [6.45, 7) is 3.31. The predicted molar refractivity (Wildman–Crippen MR) is 47.3 cm³/mol. The van der Waals surface area contributed by atoms with E-state index in [0.29, 0.717) is 0 Å². The third kappa shape index (κ3) is 1.84. The molecule has 0 aliphatic rings. The first-order valence-electron chi connectivity index (χ1n) is 2.80. The fourth-order valence-corrected chi connectivity index (χ4v) is 0.880. The number of hydrazone groups is 1. The van der Waals surface area contributed by atoms with Crippen LogP contribution in [0.2, 0.25) is 0 Å². The SMILES string of the molecule is C=NNc1ccc(Br)cc1. The maximum absolute atomic E-state index is 3.52. The van der Waals surface area contributed by atoms with Crippen LogP contribution in [0.1, 0.15) is 0 Å². The van der Waals surface area contributed by atoms with Crippen LogP contribution in [0, 0.1) is 0 Å². The molecule has 0 fully saturated rings. The van der Waals surface area contributed by atoms with E-state index in [-0.39, 0.29) is 0 Å². The van der Waals surface area contributed by atoms with E-state index in [9.17, 15) is 0 Å². The zero-order valence-electron chi connectivity index (χ0n) is 5.34. The Labute approximate surface area is 68.1 Å². The molecule has 0 aliphatic heterocycles. The van der Waals surface area contributed by atoms with E-state index in [2.05, 4.69) is 33.2 Å². The molecule has 1 N–H and O–H groups in total. The third-order valence-corrected chi connectivity index (χ3v) is 1.58. The quantitative estimate of drug-likeness (QED) is 0.574. The van der Waals surface area contributed by atoms with Gasteiger partial charge in [-0.15, -0.1) is 0 Å². The maximum atomic E-state index is 3.52. The van der Waals surface area contributed by atoms with E-state index in [1.807, 2.05) is 24.3 Å². The molecule has 1 rings (SSSR count). The third-order valence-electron chi connectivity index (χ3n) is 1.05. The van der Waals surface area contributed by atoms with Gasteiger partial charge in [0.2, 0.25) is 0 Å². The van der Waals surface area contributed by atoms with Gasteiger partial charge in [0.15, 0.2) is 0 Å². The fourth-order valence-electron chi connectivity index (χ4n) is 0.616. The molecule has 0 aromatic heterocycles. The van der Waals surface area contributed by atoms with E-state index in [0.717, 1.165) is 10.2 Å². The molecule has 1 aromatic rings. The zero-order valence-corrected chi connectivity index (χ0v) is 6.93. The summed E-state index contributed by atoms with van der Waals surface area (Å²) in [6.07, 6.45) is 0. The van der Waals surface area contributed by atoms with Crippen LogP contribution >= 0.6 is 15.9 Å². The molecule has 0 radical (unpaired) electrons. The van der Waals surface area contributed by atoms with Gasteiger partial charge in [-0.05, 0) is 24.3 Å². The summed E-state index contributed by atoms with van der Waals surface area (Å²) in [4.78, 5) is 0. The van der Waals surface area contributed by atoms with Crippen molar-refractivity contribution in [2.24, 2.45) is 5.10 Å². The van der Waals surface area contributed by atoms with Gasteiger partial charge in [0.25, 0.3) is 0 Å². The van der Waals surface area contributed by atoms with Crippen molar-refractivity contribution in [1.29, 1.82) is 0 Å². The second-order valence-corrected chi connectivity index (χ2v) is 2.69. The molecule has 0 spiro atoms. The van der Waals surface area contributed by atoms with Crippen LogP contribution in [0.3, 0.4) is 0 Å². The number of halogens is 1. The molecule has 0 unspecified atom stereocenters. The van der Waals surface area contributed by atoms with Gasteiger partial charge in [-0.1, -0.05) is 15.9 Å². The van der Waals surface area contributed by atoms with Crippen molar-refractivity contribution >= 4 is 28.3 Å². The van der Waals surface area contributed by atoms with Crippen LogP contribution in [0.25, 0.3) is 0 Å². The Kier molecular flexibility index (Phi) is 2.45. The highest BCUT2D eigenvalue weighted by atomic mass is 79.9. The van der Waals surface area contributed by atoms with Crippen molar-refractivity contribution in [2.45, 2.75) is 0 Å². The largest absolute Gasteiger partial charge is 0.279 e. The van der Waals surface area contributed by atoms with Crippen molar-refractivity contribution in [1.82, 2.24) is 0 Å². The lowest BCUT2D eigenvalue weighted by molar-refractivity contribution is 1.36. The van der Waals surface area contributed by atoms with Crippen LogP contribution in [-0.2, 0) is 0 Å². The summed E-state index contributed by atoms with van der Waals surface area (Å²) < 4.78 is 1.06. The minimum Gasteiger partial charge on any atom is -0.279 e. The molecular weight excluding hydrogens is 192 g/mol. The lowest BCUT2D eigenvalue weighted by Gasteiger charge is -1.96. The lowest BCUT2D eigenvalue weighted by atomic mass is 10.3. The van der Waals surface area contributed by atoms with Gasteiger partial charge in [0, 0.05) is 11.2 Å². The Bertz CT molecular complexity index is 218. The normalized spacial score (nSPS) is 8.90. The monoisotopic (exact) mass is 198 g/mol. The number of hydrogen-bond acceptors (Lipinski definition) is 2. The minimum atomic E-state index is 0.943. The lowest BCUT2D eigenvalue weighted by Crippen LogP contribution is -1.84. The first kappa shape index (κ1) is 7.28. The Morgan fingerprint density at radius 3 is 2.40 bits per heavy atom. The van der Waals surface area contributed by atoms with E-state index in [1.54, 1.807) is 0 Å². The molecule has 0 bridgehead atoms. The van der Waals surface area contributed by atoms with Crippen LogP contribution in [0.15, 0.2) is 33.8 Å². The summed E-state index contributed by atoms with van der Waals surface area (Å²) in [5.74, 6) is 0. The topological polar surface area (TPSA) is 24.4 Å². The maximum Gasteiger partial charge on any atom is 0.0562 e. The van der Waals surface area contributed by atoms with E-state index < -0.39 is 0 Å². The van der Waals surface area contributed by atoms with Crippen LogP contribution in [-0.4, -0.2) is 6.72 Å². The number of hydrogen-bond donors (Lipinski definition) is 1. The van der Waals surface area contributed by atoms with Crippen molar-refractivity contribution in [2.75, 3.05) is 5.43 Å². The van der Waals surface area contributed by atoms with E-state index in [4.69, 9.17) is 0 Å². The number of benzene rings is 1. The molecule has 52 valence electrons. The molecule has 2 nitrogen and oxygen atoms in total. The summed E-state index contributed by atoms with van der Waals surface area (Å²) in [5, 5.41) is 3.52. The Morgan fingerprint density at radius 1 is 1.30 bits per heavy atom. The first-order chi connectivity index (χ1) is 4.83. The summed E-state index contributed by atoms with van der Waals surface area (Å²) in [6, 6.07) is 7.71. The summed E-state index contributed by atoms with van der Waals surface area (Å²) in [7, 11) is 0. The van der Waals surface area contributed by atoms with Gasteiger partial charge in [0.1, 0.15) is 0 Å². The van der Waals surface area contributed by atoms with Gasteiger partial charge in [-0.3, -0.25) is 5.43 Å². The van der Waals surface area contributed by atoms with Gasteiger partial charge < -0.3 is 0 Å². The highest BCUT2D eigenvalue weighted by molar-refractivity contribution is 9.10. The Balaban J connectivity index is 2.78. The smallest absolute Gasteiger partial charge is 0.0562 e. The molecule has 0 heterocycles. The summed E-state index contributed by atoms with van der Waals surface area (Å²) in [5.41, 5.74) is 3.67. The second-order valence-electron chi connectivity index (χ2n) is 1.78. The molecule has 0 amide bonds. The number of rotatable bonds is 2. The molecule has 0 saturated heterocycles. The van der Waals surface area contributed by atoms with Gasteiger partial charge >= 0.3 is 0 Å². The van der Waals surface area contributed by atoms with Crippen LogP contribution in [0.5, 0.6) is 0 Å². The minimum absolute atomic E-state index is 0.943. The Morgan fingerprint density at radius 2 is 1.90 bits per heavy atom.